The Hall–Kier alpha value is -5.57. The molecular formula is C44H47F3N8O5S. The van der Waals surface area contributed by atoms with E-state index in [1.807, 2.05) is 24.3 Å². The second kappa shape index (κ2) is 16.7. The molecular weight excluding hydrogens is 810 g/mol. The van der Waals surface area contributed by atoms with Crippen molar-refractivity contribution < 1.29 is 37.1 Å². The van der Waals surface area contributed by atoms with E-state index in [0.717, 1.165) is 55.8 Å². The van der Waals surface area contributed by atoms with Crippen LogP contribution in [-0.2, 0) is 25.4 Å². The molecule has 4 amide bonds. The zero-order chi connectivity index (χ0) is 43.2. The predicted molar refractivity (Wildman–Crippen MR) is 226 cm³/mol. The molecule has 2 aliphatic carbocycles. The zero-order valence-corrected chi connectivity index (χ0v) is 34.7. The molecule has 320 valence electrons. The van der Waals surface area contributed by atoms with Gasteiger partial charge in [-0.2, -0.15) is 18.4 Å². The second-order valence-electron chi connectivity index (χ2n) is 16.7. The van der Waals surface area contributed by atoms with Crippen molar-refractivity contribution in [3.05, 3.63) is 77.4 Å². The van der Waals surface area contributed by atoms with Gasteiger partial charge >= 0.3 is 6.18 Å². The molecule has 13 nitrogen and oxygen atoms in total. The fourth-order valence-corrected chi connectivity index (χ4v) is 9.53. The van der Waals surface area contributed by atoms with Crippen LogP contribution in [0.2, 0.25) is 0 Å². The summed E-state index contributed by atoms with van der Waals surface area (Å²) in [4.78, 5) is 58.5. The molecule has 3 aromatic rings. The molecule has 3 N–H and O–H groups in total. The summed E-state index contributed by atoms with van der Waals surface area (Å²) >= 11 is 5.87. The fourth-order valence-electron chi connectivity index (χ4n) is 9.06. The van der Waals surface area contributed by atoms with Crippen LogP contribution in [0.25, 0.3) is 0 Å². The highest BCUT2D eigenvalue weighted by atomic mass is 32.1. The van der Waals surface area contributed by atoms with Gasteiger partial charge in [0.2, 0.25) is 17.7 Å². The van der Waals surface area contributed by atoms with Gasteiger partial charge in [-0.25, -0.2) is 0 Å². The number of thiocarbonyl (C=S) groups is 1. The summed E-state index contributed by atoms with van der Waals surface area (Å²) in [7, 11) is 0. The summed E-state index contributed by atoms with van der Waals surface area (Å²) in [5.41, 5.74) is 0.317. The number of anilines is 4. The second-order valence-corrected chi connectivity index (χ2v) is 17.1. The Morgan fingerprint density at radius 3 is 2.36 bits per heavy atom. The lowest BCUT2D eigenvalue weighted by atomic mass is 9.75. The van der Waals surface area contributed by atoms with Gasteiger partial charge in [-0.05, 0) is 131 Å². The van der Waals surface area contributed by atoms with Crippen molar-refractivity contribution in [2.24, 2.45) is 0 Å². The van der Waals surface area contributed by atoms with E-state index in [0.29, 0.717) is 49.5 Å². The minimum absolute atomic E-state index is 0.0194. The Bertz CT molecular complexity index is 2300. The van der Waals surface area contributed by atoms with Crippen LogP contribution >= 0.6 is 12.2 Å². The molecule has 8 rings (SSSR count). The van der Waals surface area contributed by atoms with Crippen LogP contribution in [0.15, 0.2) is 60.7 Å². The number of piperidine rings is 1. The number of nitriles is 1. The lowest BCUT2D eigenvalue weighted by molar-refractivity contribution is -0.138. The number of alkyl halides is 3. The number of benzene rings is 3. The van der Waals surface area contributed by atoms with Gasteiger partial charge in [0.25, 0.3) is 5.91 Å². The molecule has 1 spiro atoms. The molecule has 0 bridgehead atoms. The fraction of sp³-hybridized carbons (Fsp3) is 0.455. The number of imide groups is 1. The molecule has 0 radical (unpaired) electrons. The topological polar surface area (TPSA) is 150 Å². The molecule has 3 heterocycles. The minimum Gasteiger partial charge on any atom is -0.492 e. The van der Waals surface area contributed by atoms with E-state index in [2.05, 4.69) is 39.6 Å². The number of rotatable bonds is 12. The van der Waals surface area contributed by atoms with Crippen LogP contribution in [0.1, 0.15) is 81.4 Å². The molecule has 3 atom stereocenters. The number of hydrogen-bond donors (Lipinski definition) is 3. The Kier molecular flexibility index (Phi) is 11.5. The highest BCUT2D eigenvalue weighted by Gasteiger charge is 2.60. The first kappa shape index (κ1) is 42.1. The maximum Gasteiger partial charge on any atom is 0.417 e. The first-order valence-corrected chi connectivity index (χ1v) is 21.1. The summed E-state index contributed by atoms with van der Waals surface area (Å²) in [6.45, 7) is 6.99. The summed E-state index contributed by atoms with van der Waals surface area (Å²) in [6.07, 6.45) is -0.350. The summed E-state index contributed by atoms with van der Waals surface area (Å²) in [5.74, 6) is -0.138. The van der Waals surface area contributed by atoms with Gasteiger partial charge in [0.1, 0.15) is 23.9 Å². The first-order valence-electron chi connectivity index (χ1n) is 20.7. The molecule has 5 fully saturated rings. The van der Waals surface area contributed by atoms with Crippen LogP contribution in [0.4, 0.5) is 35.9 Å². The van der Waals surface area contributed by atoms with E-state index < -0.39 is 28.9 Å². The number of ether oxygens (including phenoxy) is 1. The quantitative estimate of drug-likeness (QED) is 0.142. The normalized spacial score (nSPS) is 23.1. The van der Waals surface area contributed by atoms with Gasteiger partial charge in [-0.3, -0.25) is 39.2 Å². The van der Waals surface area contributed by atoms with Crippen LogP contribution in [0.3, 0.4) is 0 Å². The van der Waals surface area contributed by atoms with Crippen LogP contribution in [-0.4, -0.2) is 95.0 Å². The van der Waals surface area contributed by atoms with Crippen LogP contribution in [0.5, 0.6) is 5.75 Å². The van der Waals surface area contributed by atoms with Gasteiger partial charge in [0.05, 0.1) is 29.4 Å². The standard InChI is InChI=1S/C44H47F3N8O5S/c1-26-23-52(24-27(2)53(26)25-39(57)50-31-6-3-5-30(19-31)49-36-12-14-38(56)51-40(36)58)17-18-60-37-13-11-33(20-34(37)28-7-8-28)55-42(61)54(41(59)43(55)15-4-16-43)32-10-9-29(22-48)35(21-32)44(45,46)47/h3,5-6,9-11,13,19-21,26-28,36,49H,4,7-8,12,14-18,23-25H2,1-2H3,(H,50,57)(H,51,56,58)/t26-,27+,36?. The van der Waals surface area contributed by atoms with Crippen molar-refractivity contribution in [2.45, 2.75) is 94.6 Å². The molecule has 1 unspecified atom stereocenters. The Morgan fingerprint density at radius 1 is 0.984 bits per heavy atom. The van der Waals surface area contributed by atoms with E-state index in [-0.39, 0.29) is 65.4 Å². The van der Waals surface area contributed by atoms with E-state index >= 15 is 0 Å². The Balaban J connectivity index is 0.877. The smallest absolute Gasteiger partial charge is 0.417 e. The third kappa shape index (κ3) is 8.53. The maximum absolute atomic E-state index is 14.1. The Morgan fingerprint density at radius 2 is 1.70 bits per heavy atom. The molecule has 17 heteroatoms. The van der Waals surface area contributed by atoms with Gasteiger partial charge < -0.3 is 20.3 Å². The predicted octanol–water partition coefficient (Wildman–Crippen LogP) is 6.14. The van der Waals surface area contributed by atoms with Crippen LogP contribution in [0, 0.1) is 11.3 Å². The lowest BCUT2D eigenvalue weighted by Crippen LogP contribution is -2.58. The summed E-state index contributed by atoms with van der Waals surface area (Å²) in [6, 6.07) is 17.4. The van der Waals surface area contributed by atoms with Crippen molar-refractivity contribution >= 4 is 63.7 Å². The molecule has 3 aromatic carbocycles. The van der Waals surface area contributed by atoms with E-state index in [1.54, 1.807) is 29.2 Å². The van der Waals surface area contributed by atoms with Crippen molar-refractivity contribution in [3.8, 4) is 11.8 Å². The summed E-state index contributed by atoms with van der Waals surface area (Å²) < 4.78 is 48.2. The SMILES string of the molecule is C[C@@H]1CN(CCOc2ccc(N3C(=S)N(c4ccc(C#N)c(C(F)(F)F)c4)C(=O)C34CCC4)cc2C2CC2)C[C@H](C)N1CC(=O)Nc1cccc(NC2CCC(=O)NC2=O)c1. The van der Waals surface area contributed by atoms with Crippen molar-refractivity contribution in [1.82, 2.24) is 15.1 Å². The molecule has 0 aromatic heterocycles. The van der Waals surface area contributed by atoms with Gasteiger partial charge in [-0.1, -0.05) is 6.07 Å². The largest absolute Gasteiger partial charge is 0.492 e. The molecule has 2 saturated carbocycles. The number of nitrogens with zero attached hydrogens (tertiary/aromatic N) is 5. The van der Waals surface area contributed by atoms with E-state index in [1.165, 1.54) is 11.0 Å². The third-order valence-corrected chi connectivity index (χ3v) is 12.8. The molecule has 5 aliphatic rings. The molecule has 3 saturated heterocycles. The number of carbonyl (C=O) groups is 4. The number of halogens is 3. The zero-order valence-electron chi connectivity index (χ0n) is 33.9. The van der Waals surface area contributed by atoms with Gasteiger partial charge in [0, 0.05) is 55.2 Å². The average Bonchev–Trinajstić information content (AvgIpc) is 4.01. The van der Waals surface area contributed by atoms with Crippen molar-refractivity contribution in [3.63, 3.8) is 0 Å². The third-order valence-electron chi connectivity index (χ3n) is 12.4. The van der Waals surface area contributed by atoms with Crippen LogP contribution < -0.4 is 30.5 Å². The lowest BCUT2D eigenvalue weighted by Gasteiger charge is -2.44. The number of carbonyl (C=O) groups excluding carboxylic acids is 4. The summed E-state index contributed by atoms with van der Waals surface area (Å²) in [5, 5.41) is 17.9. The number of hydrogen-bond acceptors (Lipinski definition) is 10. The van der Waals surface area contributed by atoms with E-state index in [4.69, 9.17) is 17.0 Å². The number of piperazine rings is 1. The molecule has 61 heavy (non-hydrogen) atoms. The molecule has 3 aliphatic heterocycles. The minimum atomic E-state index is -4.78. The highest BCUT2D eigenvalue weighted by molar-refractivity contribution is 7.81. The highest BCUT2D eigenvalue weighted by Crippen LogP contribution is 2.51. The first-order chi connectivity index (χ1) is 29.1. The van der Waals surface area contributed by atoms with Gasteiger partial charge in [0.15, 0.2) is 5.11 Å². The van der Waals surface area contributed by atoms with Gasteiger partial charge in [-0.15, -0.1) is 0 Å². The number of nitrogens with one attached hydrogen (secondary N) is 3. The van der Waals surface area contributed by atoms with Crippen molar-refractivity contribution in [1.29, 1.82) is 5.26 Å². The monoisotopic (exact) mass is 856 g/mol. The Labute approximate surface area is 357 Å². The van der Waals surface area contributed by atoms with E-state index in [9.17, 15) is 37.6 Å². The maximum atomic E-state index is 14.1. The number of amides is 4. The van der Waals surface area contributed by atoms with Crippen molar-refractivity contribution in [2.75, 3.05) is 53.2 Å². The average molecular weight is 857 g/mol.